The normalized spacial score (nSPS) is 21.8. The molecule has 86 valence electrons. The lowest BCUT2D eigenvalue weighted by molar-refractivity contribution is 0.0903. The van der Waals surface area contributed by atoms with Gasteiger partial charge in [0.25, 0.3) is 0 Å². The maximum atomic E-state index is 13.3. The monoisotopic (exact) mass is 283 g/mol. The van der Waals surface area contributed by atoms with Gasteiger partial charge >= 0.3 is 0 Å². The fraction of sp³-hybridized carbons (Fsp3) is 0.538. The standard InChI is InChI=1S/C13H15BrFN/c1-9-5-11(15)10(14)6-12(9)16-7-13(8-16)3-2-4-13/h5-6H,2-4,7-8H2,1H3. The average molecular weight is 284 g/mol. The number of hydrogen-bond acceptors (Lipinski definition) is 1. The molecule has 2 fully saturated rings. The molecule has 1 spiro atoms. The highest BCUT2D eigenvalue weighted by Crippen LogP contribution is 2.50. The van der Waals surface area contributed by atoms with Crippen LogP contribution in [-0.2, 0) is 0 Å². The number of aryl methyl sites for hydroxylation is 1. The zero-order chi connectivity index (χ0) is 11.3. The van der Waals surface area contributed by atoms with E-state index >= 15 is 0 Å². The number of benzene rings is 1. The molecule has 0 atom stereocenters. The van der Waals surface area contributed by atoms with Crippen molar-refractivity contribution in [1.82, 2.24) is 0 Å². The van der Waals surface area contributed by atoms with Gasteiger partial charge in [-0.2, -0.15) is 0 Å². The molecule has 1 saturated carbocycles. The number of rotatable bonds is 1. The van der Waals surface area contributed by atoms with Crippen molar-refractivity contribution >= 4 is 21.6 Å². The Hall–Kier alpha value is -0.570. The van der Waals surface area contributed by atoms with E-state index in [1.807, 2.05) is 13.0 Å². The molecule has 1 heterocycles. The topological polar surface area (TPSA) is 3.24 Å². The minimum absolute atomic E-state index is 0.167. The molecule has 1 aliphatic carbocycles. The highest BCUT2D eigenvalue weighted by atomic mass is 79.9. The van der Waals surface area contributed by atoms with E-state index in [4.69, 9.17) is 0 Å². The third kappa shape index (κ3) is 1.48. The van der Waals surface area contributed by atoms with Crippen LogP contribution < -0.4 is 4.90 Å². The lowest BCUT2D eigenvalue weighted by atomic mass is 9.63. The molecule has 3 heteroatoms. The Morgan fingerprint density at radius 1 is 1.31 bits per heavy atom. The third-order valence-electron chi connectivity index (χ3n) is 4.05. The van der Waals surface area contributed by atoms with Crippen LogP contribution >= 0.6 is 15.9 Å². The van der Waals surface area contributed by atoms with Gasteiger partial charge in [0.2, 0.25) is 0 Å². The van der Waals surface area contributed by atoms with Gasteiger partial charge in [-0.05, 0) is 53.4 Å². The number of halogens is 2. The summed E-state index contributed by atoms with van der Waals surface area (Å²) in [4.78, 5) is 2.37. The Bertz CT molecular complexity index is 432. The fourth-order valence-corrected chi connectivity index (χ4v) is 3.23. The van der Waals surface area contributed by atoms with E-state index in [-0.39, 0.29) is 5.82 Å². The van der Waals surface area contributed by atoms with E-state index < -0.39 is 0 Å². The zero-order valence-electron chi connectivity index (χ0n) is 9.39. The molecule has 0 amide bonds. The van der Waals surface area contributed by atoms with E-state index in [9.17, 15) is 4.39 Å². The first-order chi connectivity index (χ1) is 7.60. The molecule has 0 radical (unpaired) electrons. The largest absolute Gasteiger partial charge is 0.370 e. The maximum absolute atomic E-state index is 13.3. The second-order valence-corrected chi connectivity index (χ2v) is 6.12. The molecule has 1 nitrogen and oxygen atoms in total. The van der Waals surface area contributed by atoms with E-state index in [2.05, 4.69) is 20.8 Å². The number of anilines is 1. The van der Waals surface area contributed by atoms with Gasteiger partial charge in [-0.1, -0.05) is 6.42 Å². The number of nitrogens with zero attached hydrogens (tertiary/aromatic N) is 1. The van der Waals surface area contributed by atoms with Crippen LogP contribution in [0.3, 0.4) is 0 Å². The molecule has 3 rings (SSSR count). The van der Waals surface area contributed by atoms with Crippen LogP contribution in [0.2, 0.25) is 0 Å². The van der Waals surface area contributed by atoms with Crippen LogP contribution in [0.25, 0.3) is 0 Å². The summed E-state index contributed by atoms with van der Waals surface area (Å²) in [5.74, 6) is -0.167. The molecule has 0 bridgehead atoms. The van der Waals surface area contributed by atoms with Gasteiger partial charge in [-0.15, -0.1) is 0 Å². The molecule has 1 saturated heterocycles. The lowest BCUT2D eigenvalue weighted by Gasteiger charge is -2.57. The first-order valence-electron chi connectivity index (χ1n) is 5.80. The summed E-state index contributed by atoms with van der Waals surface area (Å²) in [6.45, 7) is 4.30. The first kappa shape index (κ1) is 10.6. The van der Waals surface area contributed by atoms with Gasteiger partial charge in [0, 0.05) is 24.2 Å². The molecular weight excluding hydrogens is 269 g/mol. The molecular formula is C13H15BrFN. The van der Waals surface area contributed by atoms with Gasteiger partial charge < -0.3 is 4.90 Å². The van der Waals surface area contributed by atoms with Crippen molar-refractivity contribution in [3.8, 4) is 0 Å². The van der Waals surface area contributed by atoms with Crippen molar-refractivity contribution < 1.29 is 4.39 Å². The smallest absolute Gasteiger partial charge is 0.137 e. The summed E-state index contributed by atoms with van der Waals surface area (Å²) >= 11 is 3.26. The Morgan fingerprint density at radius 2 is 2.00 bits per heavy atom. The molecule has 1 aliphatic heterocycles. The highest BCUT2D eigenvalue weighted by Gasteiger charge is 2.47. The second kappa shape index (κ2) is 3.46. The van der Waals surface area contributed by atoms with Crippen LogP contribution in [0.4, 0.5) is 10.1 Å². The lowest BCUT2D eigenvalue weighted by Crippen LogP contribution is -2.60. The highest BCUT2D eigenvalue weighted by molar-refractivity contribution is 9.10. The minimum atomic E-state index is -0.167. The predicted octanol–water partition coefficient (Wildman–Crippen LogP) is 3.89. The summed E-state index contributed by atoms with van der Waals surface area (Å²) in [5.41, 5.74) is 2.84. The molecule has 0 unspecified atom stereocenters. The predicted molar refractivity (Wildman–Crippen MR) is 67.3 cm³/mol. The van der Waals surface area contributed by atoms with Gasteiger partial charge in [0.1, 0.15) is 5.82 Å². The van der Waals surface area contributed by atoms with Gasteiger partial charge in [-0.3, -0.25) is 0 Å². The molecule has 0 N–H and O–H groups in total. The van der Waals surface area contributed by atoms with Crippen molar-refractivity contribution in [2.75, 3.05) is 18.0 Å². The van der Waals surface area contributed by atoms with Crippen LogP contribution in [0.5, 0.6) is 0 Å². The Balaban J connectivity index is 1.83. The summed E-state index contributed by atoms with van der Waals surface area (Å²) in [7, 11) is 0. The van der Waals surface area contributed by atoms with Crippen molar-refractivity contribution in [3.05, 3.63) is 28.0 Å². The Labute approximate surface area is 104 Å². The van der Waals surface area contributed by atoms with Gasteiger partial charge in [-0.25, -0.2) is 4.39 Å². The van der Waals surface area contributed by atoms with Crippen LogP contribution in [0.1, 0.15) is 24.8 Å². The molecule has 1 aromatic rings. The van der Waals surface area contributed by atoms with Crippen molar-refractivity contribution in [3.63, 3.8) is 0 Å². The summed E-state index contributed by atoms with van der Waals surface area (Å²) in [5, 5.41) is 0. The van der Waals surface area contributed by atoms with Crippen molar-refractivity contribution in [1.29, 1.82) is 0 Å². The van der Waals surface area contributed by atoms with Crippen molar-refractivity contribution in [2.24, 2.45) is 5.41 Å². The fourth-order valence-electron chi connectivity index (χ4n) is 2.90. The Kier molecular flexibility index (Phi) is 2.29. The molecule has 2 aliphatic rings. The minimum Gasteiger partial charge on any atom is -0.370 e. The van der Waals surface area contributed by atoms with Gasteiger partial charge in [0.15, 0.2) is 0 Å². The molecule has 16 heavy (non-hydrogen) atoms. The Morgan fingerprint density at radius 3 is 2.56 bits per heavy atom. The van der Waals surface area contributed by atoms with E-state index in [0.29, 0.717) is 9.89 Å². The summed E-state index contributed by atoms with van der Waals surface area (Å²) in [6.07, 6.45) is 4.15. The summed E-state index contributed by atoms with van der Waals surface area (Å²) in [6, 6.07) is 3.53. The summed E-state index contributed by atoms with van der Waals surface area (Å²) < 4.78 is 13.9. The zero-order valence-corrected chi connectivity index (χ0v) is 11.0. The van der Waals surface area contributed by atoms with E-state index in [1.165, 1.54) is 24.9 Å². The molecule has 1 aromatic carbocycles. The van der Waals surface area contributed by atoms with E-state index in [1.54, 1.807) is 6.07 Å². The average Bonchev–Trinajstić information content (AvgIpc) is 2.08. The third-order valence-corrected chi connectivity index (χ3v) is 4.65. The van der Waals surface area contributed by atoms with Gasteiger partial charge in [0.05, 0.1) is 4.47 Å². The quantitative estimate of drug-likeness (QED) is 0.756. The maximum Gasteiger partial charge on any atom is 0.137 e. The first-order valence-corrected chi connectivity index (χ1v) is 6.60. The van der Waals surface area contributed by atoms with Crippen LogP contribution in [0, 0.1) is 18.2 Å². The molecule has 0 aromatic heterocycles. The van der Waals surface area contributed by atoms with Crippen molar-refractivity contribution in [2.45, 2.75) is 26.2 Å². The number of hydrogen-bond donors (Lipinski definition) is 0. The van der Waals surface area contributed by atoms with Crippen LogP contribution in [-0.4, -0.2) is 13.1 Å². The second-order valence-electron chi connectivity index (χ2n) is 5.26. The van der Waals surface area contributed by atoms with Crippen LogP contribution in [0.15, 0.2) is 16.6 Å². The van der Waals surface area contributed by atoms with E-state index in [0.717, 1.165) is 18.7 Å². The SMILES string of the molecule is Cc1cc(F)c(Br)cc1N1CC2(CCC2)C1.